The van der Waals surface area contributed by atoms with E-state index in [9.17, 15) is 9.59 Å². The van der Waals surface area contributed by atoms with Gasteiger partial charge in [0.05, 0.1) is 29.3 Å². The van der Waals surface area contributed by atoms with Gasteiger partial charge in [0, 0.05) is 23.9 Å². The Balaban J connectivity index is 1.60. The number of amides is 1. The fourth-order valence-corrected chi connectivity index (χ4v) is 5.20. The molecule has 0 saturated carbocycles. The average Bonchev–Trinajstić information content (AvgIpc) is 3.44. The second-order valence-electron chi connectivity index (χ2n) is 8.62. The molecule has 1 aromatic heterocycles. The number of aromatic nitrogens is 2. The van der Waals surface area contributed by atoms with Gasteiger partial charge in [-0.25, -0.2) is 4.68 Å². The first kappa shape index (κ1) is 26.6. The molecule has 1 saturated heterocycles. The van der Waals surface area contributed by atoms with E-state index in [1.807, 2.05) is 60.8 Å². The first-order valence-corrected chi connectivity index (χ1v) is 13.5. The van der Waals surface area contributed by atoms with Crippen LogP contribution in [-0.4, -0.2) is 49.1 Å². The highest BCUT2D eigenvalue weighted by Gasteiger charge is 2.32. The van der Waals surface area contributed by atoms with Crippen molar-refractivity contribution >= 4 is 46.3 Å². The van der Waals surface area contributed by atoms with Crippen molar-refractivity contribution in [3.8, 4) is 22.7 Å². The van der Waals surface area contributed by atoms with Crippen LogP contribution in [0.25, 0.3) is 23.0 Å². The fraction of sp³-hybridized carbons (Fsp3) is 0.286. The SMILES string of the molecule is CCCCCCOc1ccc(-c2nn(-c3ccccc3)cc2C=C2SC(=S)N(CCC(=O)O)C2=O)cc1. The largest absolute Gasteiger partial charge is 0.494 e. The molecule has 1 amide bonds. The summed E-state index contributed by atoms with van der Waals surface area (Å²) >= 11 is 6.52. The maximum absolute atomic E-state index is 13.0. The van der Waals surface area contributed by atoms with Gasteiger partial charge in [0.1, 0.15) is 10.1 Å². The van der Waals surface area contributed by atoms with Gasteiger partial charge in [-0.05, 0) is 48.9 Å². The molecule has 4 rings (SSSR count). The number of carbonyl (C=O) groups is 2. The number of carboxylic acids is 1. The monoisotopic (exact) mass is 535 g/mol. The standard InChI is InChI=1S/C28H29N3O4S2/c1-2-3-4-8-17-35-23-13-11-20(12-14-23)26-21(19-31(29-26)22-9-6-5-7-10-22)18-24-27(34)30(28(36)37-24)16-15-25(32)33/h5-7,9-14,18-19H,2-4,8,15-17H2,1H3,(H,32,33). The number of carbonyl (C=O) groups excluding carboxylic acids is 1. The third-order valence-corrected chi connectivity index (χ3v) is 7.24. The topological polar surface area (TPSA) is 84.7 Å². The lowest BCUT2D eigenvalue weighted by molar-refractivity contribution is -0.137. The van der Waals surface area contributed by atoms with Crippen LogP contribution >= 0.6 is 24.0 Å². The molecule has 9 heteroatoms. The maximum Gasteiger partial charge on any atom is 0.305 e. The predicted octanol–water partition coefficient (Wildman–Crippen LogP) is 6.17. The Morgan fingerprint density at radius 1 is 1.11 bits per heavy atom. The fourth-order valence-electron chi connectivity index (χ4n) is 3.90. The molecule has 1 fully saturated rings. The van der Waals surface area contributed by atoms with E-state index in [0.717, 1.165) is 35.4 Å². The lowest BCUT2D eigenvalue weighted by Gasteiger charge is -2.12. The Hall–Kier alpha value is -3.43. The van der Waals surface area contributed by atoms with Gasteiger partial charge < -0.3 is 9.84 Å². The first-order valence-electron chi connectivity index (χ1n) is 12.3. The van der Waals surface area contributed by atoms with Gasteiger partial charge in [0.15, 0.2) is 0 Å². The van der Waals surface area contributed by atoms with Gasteiger partial charge in [0.25, 0.3) is 5.91 Å². The lowest BCUT2D eigenvalue weighted by Crippen LogP contribution is -2.30. The number of aliphatic carboxylic acids is 1. The number of unbranched alkanes of at least 4 members (excludes halogenated alkanes) is 3. The lowest BCUT2D eigenvalue weighted by atomic mass is 10.1. The maximum atomic E-state index is 13.0. The van der Waals surface area contributed by atoms with E-state index in [1.54, 1.807) is 10.8 Å². The summed E-state index contributed by atoms with van der Waals surface area (Å²) in [6, 6.07) is 17.6. The number of thioether (sulfide) groups is 1. The Labute approximate surface area is 226 Å². The molecule has 3 aromatic rings. The van der Waals surface area contributed by atoms with E-state index >= 15 is 0 Å². The Morgan fingerprint density at radius 2 is 1.86 bits per heavy atom. The molecule has 192 valence electrons. The zero-order valence-electron chi connectivity index (χ0n) is 20.6. The summed E-state index contributed by atoms with van der Waals surface area (Å²) in [6.45, 7) is 2.93. The summed E-state index contributed by atoms with van der Waals surface area (Å²) in [7, 11) is 0. The summed E-state index contributed by atoms with van der Waals surface area (Å²) in [6.07, 6.45) is 8.10. The van der Waals surface area contributed by atoms with E-state index in [1.165, 1.54) is 29.5 Å². The summed E-state index contributed by atoms with van der Waals surface area (Å²) in [5.41, 5.74) is 3.26. The molecule has 0 bridgehead atoms. The van der Waals surface area contributed by atoms with Crippen LogP contribution in [-0.2, 0) is 9.59 Å². The zero-order valence-corrected chi connectivity index (χ0v) is 22.3. The highest BCUT2D eigenvalue weighted by Crippen LogP contribution is 2.35. The van der Waals surface area contributed by atoms with Gasteiger partial charge >= 0.3 is 5.97 Å². The third kappa shape index (κ3) is 6.87. The van der Waals surface area contributed by atoms with Gasteiger partial charge in [-0.3, -0.25) is 14.5 Å². The number of rotatable bonds is 12. The van der Waals surface area contributed by atoms with E-state index in [0.29, 0.717) is 21.5 Å². The number of carboxylic acid groups (broad SMARTS) is 1. The minimum atomic E-state index is -0.974. The van der Waals surface area contributed by atoms with E-state index in [4.69, 9.17) is 27.2 Å². The van der Waals surface area contributed by atoms with Gasteiger partial charge in [0.2, 0.25) is 0 Å². The van der Waals surface area contributed by atoms with Crippen LogP contribution in [0.3, 0.4) is 0 Å². The Kier molecular flexibility index (Phi) is 9.14. The molecule has 1 aliphatic rings. The molecule has 7 nitrogen and oxygen atoms in total. The smallest absolute Gasteiger partial charge is 0.305 e. The van der Waals surface area contributed by atoms with Gasteiger partial charge in [-0.2, -0.15) is 5.10 Å². The zero-order chi connectivity index (χ0) is 26.2. The number of hydrogen-bond acceptors (Lipinski definition) is 6. The van der Waals surface area contributed by atoms with Crippen LogP contribution in [0.1, 0.15) is 44.6 Å². The second-order valence-corrected chi connectivity index (χ2v) is 10.3. The van der Waals surface area contributed by atoms with E-state index in [2.05, 4.69) is 6.92 Å². The van der Waals surface area contributed by atoms with Gasteiger partial charge in [-0.1, -0.05) is 68.4 Å². The second kappa shape index (κ2) is 12.7. The van der Waals surface area contributed by atoms with Crippen LogP contribution in [0.4, 0.5) is 0 Å². The first-order chi connectivity index (χ1) is 18.0. The molecule has 0 aliphatic carbocycles. The Bertz CT molecular complexity index is 1290. The molecule has 0 radical (unpaired) electrons. The molecule has 1 aliphatic heterocycles. The molecular weight excluding hydrogens is 506 g/mol. The van der Waals surface area contributed by atoms with Crippen molar-refractivity contribution in [2.75, 3.05) is 13.2 Å². The van der Waals surface area contributed by atoms with E-state index < -0.39 is 5.97 Å². The van der Waals surface area contributed by atoms with Crippen molar-refractivity contribution in [3.63, 3.8) is 0 Å². The van der Waals surface area contributed by atoms with Crippen molar-refractivity contribution in [2.45, 2.75) is 39.0 Å². The Morgan fingerprint density at radius 3 is 2.57 bits per heavy atom. The molecule has 0 spiro atoms. The van der Waals surface area contributed by atoms with Crippen LogP contribution < -0.4 is 4.74 Å². The minimum Gasteiger partial charge on any atom is -0.494 e. The molecule has 1 N–H and O–H groups in total. The van der Waals surface area contributed by atoms with Gasteiger partial charge in [-0.15, -0.1) is 0 Å². The molecule has 2 heterocycles. The number of para-hydroxylation sites is 1. The number of hydrogen-bond donors (Lipinski definition) is 1. The summed E-state index contributed by atoms with van der Waals surface area (Å²) in [5, 5.41) is 13.8. The number of ether oxygens (including phenoxy) is 1. The van der Waals surface area contributed by atoms with Crippen molar-refractivity contribution < 1.29 is 19.4 Å². The van der Waals surface area contributed by atoms with Crippen molar-refractivity contribution in [1.82, 2.24) is 14.7 Å². The molecule has 37 heavy (non-hydrogen) atoms. The number of nitrogens with zero attached hydrogens (tertiary/aromatic N) is 3. The van der Waals surface area contributed by atoms with Crippen LogP contribution in [0, 0.1) is 0 Å². The highest BCUT2D eigenvalue weighted by atomic mass is 32.2. The molecule has 2 aromatic carbocycles. The van der Waals surface area contributed by atoms with Crippen molar-refractivity contribution in [3.05, 3.63) is 71.3 Å². The minimum absolute atomic E-state index is 0.0490. The predicted molar refractivity (Wildman–Crippen MR) is 151 cm³/mol. The summed E-state index contributed by atoms with van der Waals surface area (Å²) in [5.74, 6) is -0.456. The molecule has 0 atom stereocenters. The number of thiocarbonyl (C=S) groups is 1. The molecular formula is C28H29N3O4S2. The highest BCUT2D eigenvalue weighted by molar-refractivity contribution is 8.26. The van der Waals surface area contributed by atoms with Crippen LogP contribution in [0.15, 0.2) is 65.7 Å². The van der Waals surface area contributed by atoms with E-state index in [-0.39, 0.29) is 18.9 Å². The third-order valence-electron chi connectivity index (χ3n) is 5.87. The van der Waals surface area contributed by atoms with Crippen LogP contribution in [0.2, 0.25) is 0 Å². The average molecular weight is 536 g/mol. The van der Waals surface area contributed by atoms with Crippen LogP contribution in [0.5, 0.6) is 5.75 Å². The quantitative estimate of drug-likeness (QED) is 0.169. The number of benzene rings is 2. The summed E-state index contributed by atoms with van der Waals surface area (Å²) in [4.78, 5) is 25.7. The van der Waals surface area contributed by atoms with Crippen molar-refractivity contribution in [1.29, 1.82) is 0 Å². The normalized spacial score (nSPS) is 14.5. The molecule has 0 unspecified atom stereocenters. The summed E-state index contributed by atoms with van der Waals surface area (Å²) < 4.78 is 8.02. The van der Waals surface area contributed by atoms with Crippen molar-refractivity contribution in [2.24, 2.45) is 0 Å².